The van der Waals surface area contributed by atoms with E-state index in [4.69, 9.17) is 23.7 Å². The van der Waals surface area contributed by atoms with Gasteiger partial charge in [-0.3, -0.25) is 0 Å². The number of methoxy groups -OCH3 is 1. The highest BCUT2D eigenvalue weighted by molar-refractivity contribution is 7.89. The molecule has 2 heterocycles. The van der Waals surface area contributed by atoms with Crippen molar-refractivity contribution < 1.29 is 36.9 Å². The standard InChI is InChI=1S/C39H51N3O8S/c1-5-48-30(3)25-47-26-31-9-12-33(13-10-31)36-22-34(23-40-28-43)42(51(44,45)35-14-7-29(2)8-15-35)24-39(36)50-27-32-11-16-38-37(21-32)41(18-20-49-38)17-6-19-46-4/h7-16,21,30,34,36,39H,5-6,17-20,22-27H2,1-4H3/t30-,34-,36-,39+/m1/s1. The van der Waals surface area contributed by atoms with Gasteiger partial charge in [-0.1, -0.05) is 48.0 Å². The molecular formula is C39H51N3O8S. The van der Waals surface area contributed by atoms with Crippen LogP contribution < -0.4 is 9.64 Å². The first kappa shape index (κ1) is 38.6. The van der Waals surface area contributed by atoms with Crippen LogP contribution in [0.1, 0.15) is 54.9 Å². The number of benzene rings is 3. The van der Waals surface area contributed by atoms with Crippen LogP contribution in [0.15, 0.2) is 76.6 Å². The molecule has 1 saturated heterocycles. The molecule has 276 valence electrons. The summed E-state index contributed by atoms with van der Waals surface area (Å²) in [6.45, 7) is 10.8. The van der Waals surface area contributed by atoms with Gasteiger partial charge in [-0.05, 0) is 74.6 Å². The molecule has 0 aliphatic carbocycles. The van der Waals surface area contributed by atoms with Crippen molar-refractivity contribution in [2.75, 3.05) is 64.6 Å². The van der Waals surface area contributed by atoms with E-state index in [1.807, 2.05) is 45.0 Å². The van der Waals surface area contributed by atoms with Crippen LogP contribution in [-0.4, -0.2) is 96.8 Å². The third kappa shape index (κ3) is 10.3. The summed E-state index contributed by atoms with van der Waals surface area (Å²) in [5.74, 6) is 0.670. The lowest BCUT2D eigenvalue weighted by atomic mass is 9.83. The number of hydrogen-bond donors (Lipinski definition) is 0. The minimum atomic E-state index is -3.94. The van der Waals surface area contributed by atoms with E-state index in [1.165, 1.54) is 4.31 Å². The van der Waals surface area contributed by atoms with Gasteiger partial charge in [0, 0.05) is 45.4 Å². The number of aryl methyl sites for hydroxylation is 1. The Bertz CT molecular complexity index is 1700. The maximum atomic E-state index is 14.2. The molecule has 3 aromatic rings. The summed E-state index contributed by atoms with van der Waals surface area (Å²) >= 11 is 0. The topological polar surface area (TPSA) is 116 Å². The first-order valence-electron chi connectivity index (χ1n) is 17.7. The summed E-state index contributed by atoms with van der Waals surface area (Å²) in [7, 11) is -2.23. The van der Waals surface area contributed by atoms with E-state index < -0.39 is 22.2 Å². The lowest BCUT2D eigenvalue weighted by Crippen LogP contribution is -2.53. The fraction of sp³-hybridized carbons (Fsp3) is 0.513. The van der Waals surface area contributed by atoms with Crippen LogP contribution in [0.4, 0.5) is 5.69 Å². The summed E-state index contributed by atoms with van der Waals surface area (Å²) in [4.78, 5) is 17.6. The first-order chi connectivity index (χ1) is 24.7. The predicted octanol–water partition coefficient (Wildman–Crippen LogP) is 5.64. The molecule has 0 spiro atoms. The Labute approximate surface area is 302 Å². The minimum Gasteiger partial charge on any atom is -0.490 e. The average Bonchev–Trinajstić information content (AvgIpc) is 3.14. The zero-order chi connectivity index (χ0) is 36.2. The minimum absolute atomic E-state index is 0.00543. The van der Waals surface area contributed by atoms with Crippen LogP contribution in [0.25, 0.3) is 0 Å². The largest absolute Gasteiger partial charge is 0.490 e. The van der Waals surface area contributed by atoms with E-state index in [-0.39, 0.29) is 36.6 Å². The van der Waals surface area contributed by atoms with Gasteiger partial charge in [-0.25, -0.2) is 18.2 Å². The molecule has 11 nitrogen and oxygen atoms in total. The molecule has 0 N–H and O–H groups in total. The van der Waals surface area contributed by atoms with E-state index in [1.54, 1.807) is 37.5 Å². The molecule has 51 heavy (non-hydrogen) atoms. The lowest BCUT2D eigenvalue weighted by Gasteiger charge is -2.42. The van der Waals surface area contributed by atoms with Crippen molar-refractivity contribution in [1.29, 1.82) is 0 Å². The smallest absolute Gasteiger partial charge is 0.243 e. The van der Waals surface area contributed by atoms with Gasteiger partial charge in [0.25, 0.3) is 0 Å². The molecule has 3 aromatic carbocycles. The van der Waals surface area contributed by atoms with E-state index in [2.05, 4.69) is 28.1 Å². The third-order valence-corrected chi connectivity index (χ3v) is 11.4. The quantitative estimate of drug-likeness (QED) is 0.0935. The highest BCUT2D eigenvalue weighted by Crippen LogP contribution is 2.38. The second kappa shape index (κ2) is 18.8. The highest BCUT2D eigenvalue weighted by atomic mass is 32.2. The van der Waals surface area contributed by atoms with Gasteiger partial charge >= 0.3 is 0 Å². The lowest BCUT2D eigenvalue weighted by molar-refractivity contribution is -0.0186. The molecule has 0 radical (unpaired) electrons. The number of rotatable bonds is 18. The molecule has 4 atom stereocenters. The van der Waals surface area contributed by atoms with E-state index in [0.717, 1.165) is 53.2 Å². The van der Waals surface area contributed by atoms with Gasteiger partial charge in [0.15, 0.2) is 0 Å². The van der Waals surface area contributed by atoms with Gasteiger partial charge in [0.1, 0.15) is 12.4 Å². The van der Waals surface area contributed by atoms with Crippen molar-refractivity contribution in [3.05, 3.63) is 89.0 Å². The predicted molar refractivity (Wildman–Crippen MR) is 196 cm³/mol. The number of anilines is 1. The number of sulfonamides is 1. The van der Waals surface area contributed by atoms with Crippen LogP contribution in [0.2, 0.25) is 0 Å². The monoisotopic (exact) mass is 721 g/mol. The molecule has 0 saturated carbocycles. The van der Waals surface area contributed by atoms with Crippen molar-refractivity contribution >= 4 is 21.8 Å². The number of carbonyl (C=O) groups excluding carboxylic acids is 1. The van der Waals surface area contributed by atoms with Crippen molar-refractivity contribution in [3.8, 4) is 5.75 Å². The van der Waals surface area contributed by atoms with E-state index >= 15 is 0 Å². The molecule has 1 fully saturated rings. The van der Waals surface area contributed by atoms with Crippen LogP contribution >= 0.6 is 0 Å². The SMILES string of the molecule is CCO[C@H](C)COCc1ccc([C@H]2C[C@H](CN=C=O)N(S(=O)(=O)c3ccc(C)cc3)C[C@@H]2OCc2ccc3c(c2)N(CCCOC)CCO3)cc1. The highest BCUT2D eigenvalue weighted by Gasteiger charge is 2.43. The molecule has 2 aliphatic rings. The van der Waals surface area contributed by atoms with Crippen LogP contribution in [0.5, 0.6) is 5.75 Å². The Morgan fingerprint density at radius 2 is 1.80 bits per heavy atom. The average molecular weight is 722 g/mol. The van der Waals surface area contributed by atoms with Crippen LogP contribution in [-0.2, 0) is 47.0 Å². The fourth-order valence-electron chi connectivity index (χ4n) is 6.76. The summed E-state index contributed by atoms with van der Waals surface area (Å²) in [5, 5.41) is 0. The Morgan fingerprint density at radius 1 is 1.04 bits per heavy atom. The normalized spacial score (nSPS) is 19.9. The summed E-state index contributed by atoms with van der Waals surface area (Å²) in [5.41, 5.74) is 4.97. The number of aliphatic imine (C=N–C) groups is 1. The van der Waals surface area contributed by atoms with Crippen molar-refractivity contribution in [3.63, 3.8) is 0 Å². The Hall–Kier alpha value is -3.61. The van der Waals surface area contributed by atoms with Gasteiger partial charge in [-0.15, -0.1) is 0 Å². The van der Waals surface area contributed by atoms with Crippen molar-refractivity contribution in [2.24, 2.45) is 4.99 Å². The molecule has 2 aliphatic heterocycles. The van der Waals surface area contributed by atoms with Crippen LogP contribution in [0.3, 0.4) is 0 Å². The van der Waals surface area contributed by atoms with Crippen LogP contribution in [0, 0.1) is 6.92 Å². The number of ether oxygens (including phenoxy) is 5. The molecule has 0 amide bonds. The van der Waals surface area contributed by atoms with E-state index in [9.17, 15) is 13.2 Å². The molecular weight excluding hydrogens is 671 g/mol. The molecule has 12 heteroatoms. The number of fused-ring (bicyclic) bond motifs is 1. The maximum Gasteiger partial charge on any atom is 0.243 e. The molecule has 0 aromatic heterocycles. The summed E-state index contributed by atoms with van der Waals surface area (Å²) in [6.07, 6.45) is 2.45. The summed E-state index contributed by atoms with van der Waals surface area (Å²) in [6, 6.07) is 20.5. The van der Waals surface area contributed by atoms with Gasteiger partial charge in [0.05, 0.1) is 55.7 Å². The molecule has 5 rings (SSSR count). The zero-order valence-electron chi connectivity index (χ0n) is 30.2. The Morgan fingerprint density at radius 3 is 2.53 bits per heavy atom. The fourth-order valence-corrected chi connectivity index (χ4v) is 8.40. The summed E-state index contributed by atoms with van der Waals surface area (Å²) < 4.78 is 59.1. The number of nitrogens with zero attached hydrogens (tertiary/aromatic N) is 3. The maximum absolute atomic E-state index is 14.2. The molecule has 0 bridgehead atoms. The second-order valence-corrected chi connectivity index (χ2v) is 15.1. The third-order valence-electron chi connectivity index (χ3n) is 9.44. The first-order valence-corrected chi connectivity index (χ1v) is 19.2. The number of hydrogen-bond acceptors (Lipinski definition) is 10. The number of piperidine rings is 1. The Kier molecular flexibility index (Phi) is 14.2. The zero-order valence-corrected chi connectivity index (χ0v) is 31.0. The number of isocyanates is 1. The van der Waals surface area contributed by atoms with E-state index in [0.29, 0.717) is 39.5 Å². The van der Waals surface area contributed by atoms with Gasteiger partial charge in [0.2, 0.25) is 16.1 Å². The molecule has 0 unspecified atom stereocenters. The Balaban J connectivity index is 1.41. The van der Waals surface area contributed by atoms with Crippen molar-refractivity contribution in [2.45, 2.75) is 75.9 Å². The van der Waals surface area contributed by atoms with Gasteiger partial charge < -0.3 is 28.6 Å². The van der Waals surface area contributed by atoms with Crippen molar-refractivity contribution in [1.82, 2.24) is 4.31 Å². The second-order valence-electron chi connectivity index (χ2n) is 13.2. The van der Waals surface area contributed by atoms with Gasteiger partial charge in [-0.2, -0.15) is 4.31 Å².